The molecule has 8 heteroatoms. The predicted octanol–water partition coefficient (Wildman–Crippen LogP) is 5.62. The third kappa shape index (κ3) is 5.52. The number of aromatic nitrogens is 2. The van der Waals surface area contributed by atoms with Crippen LogP contribution in [-0.2, 0) is 6.54 Å². The molecular weight excluding hydrogens is 446 g/mol. The monoisotopic (exact) mass is 471 g/mol. The van der Waals surface area contributed by atoms with Gasteiger partial charge in [-0.1, -0.05) is 48.5 Å². The lowest BCUT2D eigenvalue weighted by atomic mass is 10.2. The first-order valence-corrected chi connectivity index (χ1v) is 11.7. The average Bonchev–Trinajstić information content (AvgIpc) is 3.57. The molecule has 0 saturated carbocycles. The van der Waals surface area contributed by atoms with E-state index in [9.17, 15) is 0 Å². The van der Waals surface area contributed by atoms with Gasteiger partial charge in [0.15, 0.2) is 5.11 Å². The Morgan fingerprint density at radius 2 is 1.68 bits per heavy atom. The van der Waals surface area contributed by atoms with Crippen molar-refractivity contribution in [3.63, 3.8) is 0 Å². The minimum absolute atomic E-state index is 0.386. The SMILES string of the molecule is S=C(NCc1ccc(-c2ccccc2)o1)Nc1nc(Oc2ccccc2)cc(N2CCCC2)n1. The standard InChI is InChI=1S/C26H25N5O2S/c34-26(27-18-21-13-14-22(32-21)19-9-3-1-4-10-19)30-25-28-23(31-15-7-8-16-31)17-24(29-25)33-20-11-5-2-6-12-20/h1-6,9-14,17H,7-8,15-16,18H2,(H2,27,28,29,30,34). The molecule has 1 aliphatic heterocycles. The maximum Gasteiger partial charge on any atom is 0.234 e. The molecule has 0 radical (unpaired) electrons. The van der Waals surface area contributed by atoms with Crippen molar-refractivity contribution in [1.82, 2.24) is 15.3 Å². The summed E-state index contributed by atoms with van der Waals surface area (Å²) in [4.78, 5) is 11.4. The van der Waals surface area contributed by atoms with Crippen molar-refractivity contribution in [1.29, 1.82) is 0 Å². The Kier molecular flexibility index (Phi) is 6.67. The molecule has 2 aromatic heterocycles. The van der Waals surface area contributed by atoms with Gasteiger partial charge in [-0.3, -0.25) is 0 Å². The zero-order valence-electron chi connectivity index (χ0n) is 18.6. The van der Waals surface area contributed by atoms with Crippen LogP contribution < -0.4 is 20.3 Å². The molecule has 2 aromatic carbocycles. The van der Waals surface area contributed by atoms with Crippen LogP contribution in [0.25, 0.3) is 11.3 Å². The first-order valence-electron chi connectivity index (χ1n) is 11.3. The van der Waals surface area contributed by atoms with Crippen LogP contribution in [0.15, 0.2) is 83.3 Å². The van der Waals surface area contributed by atoms with E-state index in [0.717, 1.165) is 48.8 Å². The number of para-hydroxylation sites is 1. The van der Waals surface area contributed by atoms with Gasteiger partial charge in [-0.05, 0) is 49.3 Å². The van der Waals surface area contributed by atoms with Gasteiger partial charge in [0.2, 0.25) is 11.8 Å². The van der Waals surface area contributed by atoms with Crippen LogP contribution in [0.2, 0.25) is 0 Å². The first-order chi connectivity index (χ1) is 16.7. The number of benzene rings is 2. The van der Waals surface area contributed by atoms with Gasteiger partial charge in [0.05, 0.1) is 6.54 Å². The van der Waals surface area contributed by atoms with E-state index in [1.807, 2.05) is 78.9 Å². The van der Waals surface area contributed by atoms with Crippen molar-refractivity contribution < 1.29 is 9.15 Å². The first kappa shape index (κ1) is 21.9. The summed E-state index contributed by atoms with van der Waals surface area (Å²) in [5.74, 6) is 3.99. The second-order valence-corrected chi connectivity index (χ2v) is 8.35. The van der Waals surface area contributed by atoms with Gasteiger partial charge in [-0.15, -0.1) is 0 Å². The van der Waals surface area contributed by atoms with Gasteiger partial charge >= 0.3 is 0 Å². The topological polar surface area (TPSA) is 75.5 Å². The number of rotatable bonds is 7. The summed E-state index contributed by atoms with van der Waals surface area (Å²) < 4.78 is 11.9. The highest BCUT2D eigenvalue weighted by Crippen LogP contribution is 2.27. The molecule has 5 rings (SSSR count). The van der Waals surface area contributed by atoms with E-state index >= 15 is 0 Å². The van der Waals surface area contributed by atoms with Crippen LogP contribution in [0.5, 0.6) is 11.6 Å². The largest absolute Gasteiger partial charge is 0.459 e. The normalized spacial score (nSPS) is 13.0. The molecule has 0 unspecified atom stereocenters. The minimum atomic E-state index is 0.386. The van der Waals surface area contributed by atoms with Crippen molar-refractivity contribution in [2.45, 2.75) is 19.4 Å². The quantitative estimate of drug-likeness (QED) is 0.337. The zero-order chi connectivity index (χ0) is 23.2. The number of thiocarbonyl (C=S) groups is 1. The summed E-state index contributed by atoms with van der Waals surface area (Å²) in [5, 5.41) is 6.66. The van der Waals surface area contributed by atoms with E-state index in [1.165, 1.54) is 0 Å². The number of nitrogens with one attached hydrogen (secondary N) is 2. The van der Waals surface area contributed by atoms with E-state index in [0.29, 0.717) is 29.2 Å². The van der Waals surface area contributed by atoms with Crippen LogP contribution in [0.4, 0.5) is 11.8 Å². The zero-order valence-corrected chi connectivity index (χ0v) is 19.4. The predicted molar refractivity (Wildman–Crippen MR) is 137 cm³/mol. The molecule has 7 nitrogen and oxygen atoms in total. The lowest BCUT2D eigenvalue weighted by Crippen LogP contribution is -2.29. The Morgan fingerprint density at radius 3 is 2.44 bits per heavy atom. The van der Waals surface area contributed by atoms with E-state index < -0.39 is 0 Å². The average molecular weight is 472 g/mol. The summed E-state index contributed by atoms with van der Waals surface area (Å²) in [6.07, 6.45) is 2.30. The number of hydrogen-bond donors (Lipinski definition) is 2. The van der Waals surface area contributed by atoms with Crippen LogP contribution in [0, 0.1) is 0 Å². The summed E-state index contributed by atoms with van der Waals surface area (Å²) >= 11 is 5.49. The molecule has 3 heterocycles. The van der Waals surface area contributed by atoms with Crippen LogP contribution in [0.1, 0.15) is 18.6 Å². The molecule has 172 valence electrons. The molecule has 34 heavy (non-hydrogen) atoms. The Morgan fingerprint density at radius 1 is 0.941 bits per heavy atom. The van der Waals surface area contributed by atoms with Crippen molar-refractivity contribution in [2.75, 3.05) is 23.3 Å². The van der Waals surface area contributed by atoms with Crippen LogP contribution >= 0.6 is 12.2 Å². The fraction of sp³-hybridized carbons (Fsp3) is 0.192. The summed E-state index contributed by atoms with van der Waals surface area (Å²) in [6, 6.07) is 25.3. The van der Waals surface area contributed by atoms with Crippen molar-refractivity contribution in [3.05, 3.63) is 84.6 Å². The Hall–Kier alpha value is -3.91. The van der Waals surface area contributed by atoms with Crippen LogP contribution in [-0.4, -0.2) is 28.2 Å². The highest BCUT2D eigenvalue weighted by Gasteiger charge is 2.17. The lowest BCUT2D eigenvalue weighted by molar-refractivity contribution is 0.462. The molecule has 1 fully saturated rings. The molecule has 2 N–H and O–H groups in total. The summed E-state index contributed by atoms with van der Waals surface area (Å²) in [7, 11) is 0. The van der Waals surface area contributed by atoms with E-state index in [4.69, 9.17) is 21.4 Å². The van der Waals surface area contributed by atoms with Crippen molar-refractivity contribution in [3.8, 4) is 23.0 Å². The van der Waals surface area contributed by atoms with Gasteiger partial charge in [0, 0.05) is 24.7 Å². The number of nitrogens with zero attached hydrogens (tertiary/aromatic N) is 3. The molecule has 1 aliphatic rings. The molecule has 0 spiro atoms. The fourth-order valence-electron chi connectivity index (χ4n) is 3.78. The van der Waals surface area contributed by atoms with Crippen molar-refractivity contribution in [2.24, 2.45) is 0 Å². The van der Waals surface area contributed by atoms with E-state index in [-0.39, 0.29) is 0 Å². The van der Waals surface area contributed by atoms with Gasteiger partial charge < -0.3 is 24.7 Å². The number of anilines is 2. The molecule has 4 aromatic rings. The van der Waals surface area contributed by atoms with E-state index in [1.54, 1.807) is 0 Å². The van der Waals surface area contributed by atoms with Crippen molar-refractivity contribution >= 4 is 29.1 Å². The van der Waals surface area contributed by atoms with Gasteiger partial charge in [0.1, 0.15) is 23.1 Å². The molecule has 0 atom stereocenters. The summed E-state index contributed by atoms with van der Waals surface area (Å²) in [6.45, 7) is 2.37. The number of furan rings is 1. The smallest absolute Gasteiger partial charge is 0.234 e. The highest BCUT2D eigenvalue weighted by molar-refractivity contribution is 7.80. The molecule has 0 bridgehead atoms. The Labute approximate surface area is 203 Å². The maximum absolute atomic E-state index is 5.98. The molecule has 1 saturated heterocycles. The summed E-state index contributed by atoms with van der Waals surface area (Å²) in [5.41, 5.74) is 1.03. The number of hydrogen-bond acceptors (Lipinski definition) is 6. The molecule has 0 amide bonds. The van der Waals surface area contributed by atoms with Gasteiger partial charge in [0.25, 0.3) is 0 Å². The maximum atomic E-state index is 5.98. The van der Waals surface area contributed by atoms with Crippen LogP contribution in [0.3, 0.4) is 0 Å². The Balaban J connectivity index is 1.26. The fourth-order valence-corrected chi connectivity index (χ4v) is 3.95. The third-order valence-corrected chi connectivity index (χ3v) is 5.70. The highest BCUT2D eigenvalue weighted by atomic mass is 32.1. The third-order valence-electron chi connectivity index (χ3n) is 5.45. The second kappa shape index (κ2) is 10.4. The van der Waals surface area contributed by atoms with Gasteiger partial charge in [-0.2, -0.15) is 9.97 Å². The number of ether oxygens (including phenoxy) is 1. The Bertz CT molecular complexity index is 1240. The minimum Gasteiger partial charge on any atom is -0.459 e. The van der Waals surface area contributed by atoms with Gasteiger partial charge in [-0.25, -0.2) is 0 Å². The molecule has 0 aliphatic carbocycles. The lowest BCUT2D eigenvalue weighted by Gasteiger charge is -2.18. The second-order valence-electron chi connectivity index (χ2n) is 7.94. The van der Waals surface area contributed by atoms with E-state index in [2.05, 4.69) is 25.5 Å². The molecular formula is C26H25N5O2S.